The second-order valence-corrected chi connectivity index (χ2v) is 12.5. The van der Waals surface area contributed by atoms with Crippen molar-refractivity contribution in [1.29, 1.82) is 0 Å². The molecule has 212 valence electrons. The molecular formula is C36H41FN4. The summed E-state index contributed by atoms with van der Waals surface area (Å²) in [5.74, 6) is 1.79. The van der Waals surface area contributed by atoms with E-state index in [1.54, 1.807) is 0 Å². The zero-order chi connectivity index (χ0) is 28.6. The predicted octanol–water partition coefficient (Wildman–Crippen LogP) is 8.57. The summed E-state index contributed by atoms with van der Waals surface area (Å²) in [6.07, 6.45) is 9.49. The van der Waals surface area contributed by atoms with E-state index < -0.39 is 0 Å². The number of amidine groups is 1. The van der Waals surface area contributed by atoms with Crippen LogP contribution < -0.4 is 0 Å². The second kappa shape index (κ2) is 11.3. The highest BCUT2D eigenvalue weighted by Crippen LogP contribution is 2.42. The topological polar surface area (TPSA) is 43.8 Å². The Morgan fingerprint density at radius 3 is 2.41 bits per heavy atom. The van der Waals surface area contributed by atoms with Gasteiger partial charge in [-0.3, -0.25) is 4.99 Å². The quantitative estimate of drug-likeness (QED) is 0.350. The molecule has 5 heteroatoms. The smallest absolute Gasteiger partial charge is 0.137 e. The highest BCUT2D eigenvalue weighted by atomic mass is 19.1. The summed E-state index contributed by atoms with van der Waals surface area (Å²) < 4.78 is 13.6. The van der Waals surface area contributed by atoms with E-state index in [9.17, 15) is 4.39 Å². The van der Waals surface area contributed by atoms with E-state index in [4.69, 9.17) is 9.98 Å². The number of benzene rings is 2. The van der Waals surface area contributed by atoms with Crippen LogP contribution in [0.5, 0.6) is 0 Å². The molecule has 0 saturated carbocycles. The molecule has 2 atom stereocenters. The van der Waals surface area contributed by atoms with Gasteiger partial charge in [-0.25, -0.2) is 9.38 Å². The fourth-order valence-electron chi connectivity index (χ4n) is 6.39. The molecule has 0 spiro atoms. The minimum atomic E-state index is -0.218. The van der Waals surface area contributed by atoms with Crippen LogP contribution in [0.15, 0.2) is 94.2 Å². The molecule has 4 heterocycles. The number of likely N-dealkylation sites (tertiary alicyclic amines) is 1. The fourth-order valence-corrected chi connectivity index (χ4v) is 6.39. The average molecular weight is 549 g/mol. The summed E-state index contributed by atoms with van der Waals surface area (Å²) in [5, 5.41) is 0. The Bertz CT molecular complexity index is 1520. The van der Waals surface area contributed by atoms with Gasteiger partial charge in [0.15, 0.2) is 0 Å². The minimum absolute atomic E-state index is 0.0223. The third kappa shape index (κ3) is 5.59. The van der Waals surface area contributed by atoms with Gasteiger partial charge in [-0.2, -0.15) is 0 Å². The van der Waals surface area contributed by atoms with Gasteiger partial charge in [0, 0.05) is 53.3 Å². The van der Waals surface area contributed by atoms with Crippen molar-refractivity contribution in [2.75, 3.05) is 13.1 Å². The van der Waals surface area contributed by atoms with E-state index in [1.807, 2.05) is 18.3 Å². The van der Waals surface area contributed by atoms with Crippen molar-refractivity contribution in [2.24, 2.45) is 27.2 Å². The lowest BCUT2D eigenvalue weighted by Crippen LogP contribution is -2.43. The van der Waals surface area contributed by atoms with Crippen molar-refractivity contribution in [3.63, 3.8) is 0 Å². The van der Waals surface area contributed by atoms with E-state index >= 15 is 0 Å². The summed E-state index contributed by atoms with van der Waals surface area (Å²) in [6.45, 7) is 11.1. The number of aryl methyl sites for hydroxylation is 1. The first-order valence-electron chi connectivity index (χ1n) is 15.1. The van der Waals surface area contributed by atoms with Gasteiger partial charge < -0.3 is 9.88 Å². The minimum Gasteiger partial charge on any atom is -0.358 e. The maximum atomic E-state index is 13.6. The number of nitrogens with zero attached hydrogens (tertiary/aromatic N) is 3. The molecule has 4 nitrogen and oxygen atoms in total. The molecule has 3 aliphatic heterocycles. The van der Waals surface area contributed by atoms with Crippen LogP contribution >= 0.6 is 0 Å². The number of aromatic nitrogens is 1. The number of fused-ring (bicyclic) bond motifs is 1. The van der Waals surface area contributed by atoms with Crippen LogP contribution in [0.3, 0.4) is 0 Å². The zero-order valence-corrected chi connectivity index (χ0v) is 24.8. The Morgan fingerprint density at radius 2 is 1.68 bits per heavy atom. The zero-order valence-electron chi connectivity index (χ0n) is 24.8. The number of hydrogen-bond acceptors (Lipinski definition) is 3. The molecule has 2 unspecified atom stereocenters. The summed E-state index contributed by atoms with van der Waals surface area (Å²) in [5.41, 5.74) is 9.39. The molecule has 0 bridgehead atoms. The number of aliphatic imine (C=N–C) groups is 2. The van der Waals surface area contributed by atoms with Crippen LogP contribution in [-0.4, -0.2) is 34.5 Å². The van der Waals surface area contributed by atoms with Gasteiger partial charge in [0.1, 0.15) is 11.7 Å². The van der Waals surface area contributed by atoms with Gasteiger partial charge in [-0.15, -0.1) is 0 Å². The van der Waals surface area contributed by atoms with Crippen molar-refractivity contribution < 1.29 is 4.39 Å². The molecule has 1 saturated heterocycles. The largest absolute Gasteiger partial charge is 0.358 e. The maximum Gasteiger partial charge on any atom is 0.137 e. The summed E-state index contributed by atoms with van der Waals surface area (Å²) >= 11 is 0. The van der Waals surface area contributed by atoms with Crippen molar-refractivity contribution >= 4 is 11.5 Å². The number of rotatable bonds is 3. The van der Waals surface area contributed by atoms with Crippen LogP contribution in [0, 0.1) is 23.1 Å². The molecule has 1 N–H and O–H groups in total. The van der Waals surface area contributed by atoms with Gasteiger partial charge in [-0.05, 0) is 86.4 Å². The van der Waals surface area contributed by atoms with Crippen LogP contribution in [0.4, 0.5) is 4.39 Å². The summed E-state index contributed by atoms with van der Waals surface area (Å²) in [4.78, 5) is 16.6. The highest BCUT2D eigenvalue weighted by molar-refractivity contribution is 6.03. The lowest BCUT2D eigenvalue weighted by molar-refractivity contribution is 0.203. The first-order chi connectivity index (χ1) is 19.8. The monoisotopic (exact) mass is 548 g/mol. The number of piperidine rings is 1. The molecule has 1 aromatic heterocycles. The Hall–Kier alpha value is -3.73. The molecule has 0 amide bonds. The number of aromatic amines is 1. The third-order valence-corrected chi connectivity index (χ3v) is 9.54. The van der Waals surface area contributed by atoms with Gasteiger partial charge in [0.25, 0.3) is 0 Å². The lowest BCUT2D eigenvalue weighted by Gasteiger charge is -2.41. The van der Waals surface area contributed by atoms with Crippen molar-refractivity contribution in [2.45, 2.75) is 59.8 Å². The van der Waals surface area contributed by atoms with Gasteiger partial charge in [0.2, 0.25) is 0 Å². The fraction of sp³-hybridized carbons (Fsp3) is 0.389. The van der Waals surface area contributed by atoms with Crippen LogP contribution in [0.25, 0.3) is 11.3 Å². The summed E-state index contributed by atoms with van der Waals surface area (Å²) in [6, 6.07) is 19.6. The second-order valence-electron chi connectivity index (χ2n) is 12.5. The molecule has 2 aromatic carbocycles. The van der Waals surface area contributed by atoms with Crippen LogP contribution in [0.1, 0.15) is 70.2 Å². The maximum absolute atomic E-state index is 13.6. The van der Waals surface area contributed by atoms with E-state index in [2.05, 4.69) is 80.1 Å². The molecule has 0 radical (unpaired) electrons. The van der Waals surface area contributed by atoms with E-state index in [-0.39, 0.29) is 11.2 Å². The van der Waals surface area contributed by atoms with Crippen molar-refractivity contribution in [3.8, 4) is 11.3 Å². The first-order valence-corrected chi connectivity index (χ1v) is 15.1. The standard InChI is InChI=1S/C36H41FN4/c1-24-10-16-31-30(22-32(39-31)27-12-14-29(37)15-13-27)35(38-23-24)41-20-18-36(4,19-21-41)33-17-11-25(2)26(3)34(40-33)28-8-6-5-7-9-28/h5-9,12-15,17,22-23,25-26,39H,10-11,16,18-21H2,1-4H3. The number of H-pyrrole nitrogens is 1. The molecule has 3 aliphatic rings. The molecule has 6 rings (SSSR count). The van der Waals surface area contributed by atoms with Gasteiger partial charge in [0.05, 0.1) is 5.71 Å². The first kappa shape index (κ1) is 27.4. The SMILES string of the molecule is CC1=CN=C(N2CCC(C)(C3=CCC(C)C(C)C(c4ccccc4)=N3)CC2)c2cc(-c3ccc(F)cc3)[nH]c2CC1. The average Bonchev–Trinajstić information content (AvgIpc) is 3.32. The Labute approximate surface area is 243 Å². The Morgan fingerprint density at radius 1 is 0.951 bits per heavy atom. The molecule has 3 aromatic rings. The van der Waals surface area contributed by atoms with E-state index in [0.29, 0.717) is 11.8 Å². The number of hydrogen-bond donors (Lipinski definition) is 1. The van der Waals surface area contributed by atoms with Gasteiger partial charge in [-0.1, -0.05) is 62.8 Å². The molecule has 1 fully saturated rings. The molecule has 0 aliphatic carbocycles. The normalized spacial score (nSPS) is 22.8. The number of halogens is 1. The number of allylic oxidation sites excluding steroid dienone is 3. The van der Waals surface area contributed by atoms with Crippen molar-refractivity contribution in [3.05, 3.63) is 107 Å². The summed E-state index contributed by atoms with van der Waals surface area (Å²) in [7, 11) is 0. The van der Waals surface area contributed by atoms with Gasteiger partial charge >= 0.3 is 0 Å². The van der Waals surface area contributed by atoms with E-state index in [1.165, 1.54) is 40.4 Å². The van der Waals surface area contributed by atoms with Crippen molar-refractivity contribution in [1.82, 2.24) is 9.88 Å². The molecule has 41 heavy (non-hydrogen) atoms. The van der Waals surface area contributed by atoms with Crippen LogP contribution in [0.2, 0.25) is 0 Å². The predicted molar refractivity (Wildman–Crippen MR) is 168 cm³/mol. The lowest BCUT2D eigenvalue weighted by atomic mass is 9.77. The Kier molecular flexibility index (Phi) is 7.54. The van der Waals surface area contributed by atoms with E-state index in [0.717, 1.165) is 67.9 Å². The van der Waals surface area contributed by atoms with Crippen LogP contribution in [-0.2, 0) is 6.42 Å². The molecular weight excluding hydrogens is 507 g/mol. The Balaban J connectivity index is 1.28. The number of nitrogens with one attached hydrogen (secondary N) is 1. The highest BCUT2D eigenvalue weighted by Gasteiger charge is 2.37. The third-order valence-electron chi connectivity index (χ3n) is 9.54.